The van der Waals surface area contributed by atoms with Crippen molar-refractivity contribution in [2.24, 2.45) is 5.73 Å². The van der Waals surface area contributed by atoms with E-state index in [9.17, 15) is 4.79 Å². The lowest BCUT2D eigenvalue weighted by molar-refractivity contribution is 0.207. The van der Waals surface area contributed by atoms with E-state index in [0.29, 0.717) is 13.1 Å². The van der Waals surface area contributed by atoms with Crippen LogP contribution in [0, 0.1) is 0 Å². The maximum Gasteiger partial charge on any atom is 0.315 e. The molecule has 70 valence electrons. The Labute approximate surface area is 77.4 Å². The van der Waals surface area contributed by atoms with Gasteiger partial charge < -0.3 is 10.6 Å². The summed E-state index contributed by atoms with van der Waals surface area (Å²) in [4.78, 5) is 16.5. The molecule has 2 N–H and O–H groups in total. The lowest BCUT2D eigenvalue weighted by Gasteiger charge is -2.17. The van der Waals surface area contributed by atoms with Gasteiger partial charge in [0.05, 0.1) is 12.2 Å². The number of carbonyl (C=O) groups is 1. The van der Waals surface area contributed by atoms with Gasteiger partial charge in [0.15, 0.2) is 0 Å². The lowest BCUT2D eigenvalue weighted by atomic mass is 10.3. The molecule has 4 nitrogen and oxygen atoms in total. The number of hydrogen-bond acceptors (Lipinski definition) is 2. The van der Waals surface area contributed by atoms with Gasteiger partial charge in [0.1, 0.15) is 0 Å². The molecule has 2 amide bonds. The zero-order chi connectivity index (χ0) is 9.68. The molecule has 0 bridgehead atoms. The number of primary amides is 1. The Morgan fingerprint density at radius 1 is 1.62 bits per heavy atom. The Morgan fingerprint density at radius 3 is 2.85 bits per heavy atom. The molecule has 0 spiro atoms. The summed E-state index contributed by atoms with van der Waals surface area (Å²) in [5.41, 5.74) is 6.00. The molecule has 0 radical (unpaired) electrons. The number of carbonyl (C=O) groups excluding carboxylic acids is 1. The smallest absolute Gasteiger partial charge is 0.315 e. The number of hydrogen-bond donors (Lipinski definition) is 1. The predicted octanol–water partition coefficient (Wildman–Crippen LogP) is 0.982. The monoisotopic (exact) mass is 179 g/mol. The number of urea groups is 1. The van der Waals surface area contributed by atoms with Gasteiger partial charge >= 0.3 is 6.03 Å². The molecule has 1 aromatic rings. The fourth-order valence-electron chi connectivity index (χ4n) is 1.03. The summed E-state index contributed by atoms with van der Waals surface area (Å²) in [6, 6.07) is 5.18. The maximum atomic E-state index is 10.9. The fourth-order valence-corrected chi connectivity index (χ4v) is 1.03. The van der Waals surface area contributed by atoms with Crippen molar-refractivity contribution in [1.82, 2.24) is 9.88 Å². The SMILES string of the molecule is CCN(Cc1ccccn1)C(N)=O. The van der Waals surface area contributed by atoms with Gasteiger partial charge in [-0.3, -0.25) is 4.98 Å². The summed E-state index contributed by atoms with van der Waals surface area (Å²) < 4.78 is 0. The molecule has 0 aliphatic rings. The van der Waals surface area contributed by atoms with E-state index >= 15 is 0 Å². The Bertz CT molecular complexity index is 273. The van der Waals surface area contributed by atoms with Crippen LogP contribution in [0.3, 0.4) is 0 Å². The van der Waals surface area contributed by atoms with E-state index in [4.69, 9.17) is 5.73 Å². The predicted molar refractivity (Wildman–Crippen MR) is 49.9 cm³/mol. The van der Waals surface area contributed by atoms with Crippen LogP contribution in [0.5, 0.6) is 0 Å². The minimum atomic E-state index is -0.409. The van der Waals surface area contributed by atoms with Crippen LogP contribution < -0.4 is 5.73 Å². The van der Waals surface area contributed by atoms with E-state index in [0.717, 1.165) is 5.69 Å². The molecule has 0 aliphatic carbocycles. The average molecular weight is 179 g/mol. The second kappa shape index (κ2) is 4.45. The molecular formula is C9H13N3O. The van der Waals surface area contributed by atoms with Gasteiger partial charge in [0.25, 0.3) is 0 Å². The maximum absolute atomic E-state index is 10.9. The third-order valence-electron chi connectivity index (χ3n) is 1.77. The molecular weight excluding hydrogens is 166 g/mol. The molecule has 0 unspecified atom stereocenters. The second-order valence-corrected chi connectivity index (χ2v) is 2.67. The third kappa shape index (κ3) is 2.74. The molecule has 0 saturated heterocycles. The first-order valence-electron chi connectivity index (χ1n) is 4.18. The van der Waals surface area contributed by atoms with Crippen molar-refractivity contribution in [3.8, 4) is 0 Å². The molecule has 0 atom stereocenters. The second-order valence-electron chi connectivity index (χ2n) is 2.67. The topological polar surface area (TPSA) is 59.2 Å². The standard InChI is InChI=1S/C9H13N3O/c1-2-12(9(10)13)7-8-5-3-4-6-11-8/h3-6H,2,7H2,1H3,(H2,10,13). The van der Waals surface area contributed by atoms with Crippen molar-refractivity contribution < 1.29 is 4.79 Å². The summed E-state index contributed by atoms with van der Waals surface area (Å²) in [5, 5.41) is 0. The van der Waals surface area contributed by atoms with Crippen LogP contribution in [0.2, 0.25) is 0 Å². The molecule has 1 rings (SSSR count). The van der Waals surface area contributed by atoms with E-state index in [1.54, 1.807) is 6.20 Å². The quantitative estimate of drug-likeness (QED) is 0.752. The summed E-state index contributed by atoms with van der Waals surface area (Å²) in [6.07, 6.45) is 1.70. The first-order valence-corrected chi connectivity index (χ1v) is 4.18. The van der Waals surface area contributed by atoms with E-state index in [1.807, 2.05) is 25.1 Å². The summed E-state index contributed by atoms with van der Waals surface area (Å²) in [7, 11) is 0. The van der Waals surface area contributed by atoms with Gasteiger partial charge in [-0.25, -0.2) is 4.79 Å². The van der Waals surface area contributed by atoms with E-state index < -0.39 is 6.03 Å². The van der Waals surface area contributed by atoms with Crippen LogP contribution in [-0.4, -0.2) is 22.5 Å². The summed E-state index contributed by atoms with van der Waals surface area (Å²) in [5.74, 6) is 0. The third-order valence-corrected chi connectivity index (χ3v) is 1.77. The molecule has 0 aliphatic heterocycles. The highest BCUT2D eigenvalue weighted by atomic mass is 16.2. The number of nitrogens with zero attached hydrogens (tertiary/aromatic N) is 2. The molecule has 1 heterocycles. The van der Waals surface area contributed by atoms with Crippen molar-refractivity contribution in [3.05, 3.63) is 30.1 Å². The fraction of sp³-hybridized carbons (Fsp3) is 0.333. The van der Waals surface area contributed by atoms with Gasteiger partial charge in [-0.05, 0) is 19.1 Å². The number of amides is 2. The van der Waals surface area contributed by atoms with Gasteiger partial charge in [-0.2, -0.15) is 0 Å². The van der Waals surface area contributed by atoms with Gasteiger partial charge in [-0.1, -0.05) is 6.07 Å². The Morgan fingerprint density at radius 2 is 2.38 bits per heavy atom. The van der Waals surface area contributed by atoms with Crippen LogP contribution in [0.25, 0.3) is 0 Å². The van der Waals surface area contributed by atoms with Gasteiger partial charge in [0.2, 0.25) is 0 Å². The van der Waals surface area contributed by atoms with Crippen LogP contribution >= 0.6 is 0 Å². The zero-order valence-electron chi connectivity index (χ0n) is 7.60. The normalized spacial score (nSPS) is 9.62. The zero-order valence-corrected chi connectivity index (χ0v) is 7.60. The van der Waals surface area contributed by atoms with Crippen molar-refractivity contribution in [2.45, 2.75) is 13.5 Å². The van der Waals surface area contributed by atoms with Crippen molar-refractivity contribution in [3.63, 3.8) is 0 Å². The number of pyridine rings is 1. The average Bonchev–Trinajstić information content (AvgIpc) is 2.15. The lowest BCUT2D eigenvalue weighted by Crippen LogP contribution is -2.35. The molecule has 13 heavy (non-hydrogen) atoms. The first-order chi connectivity index (χ1) is 6.24. The van der Waals surface area contributed by atoms with Crippen molar-refractivity contribution in [2.75, 3.05) is 6.54 Å². The first kappa shape index (κ1) is 9.51. The number of rotatable bonds is 3. The van der Waals surface area contributed by atoms with Gasteiger partial charge in [-0.15, -0.1) is 0 Å². The van der Waals surface area contributed by atoms with E-state index in [2.05, 4.69) is 4.98 Å². The molecule has 0 aromatic carbocycles. The molecule has 4 heteroatoms. The molecule has 0 fully saturated rings. The van der Waals surface area contributed by atoms with Crippen molar-refractivity contribution in [1.29, 1.82) is 0 Å². The Balaban J connectivity index is 2.62. The Hall–Kier alpha value is -1.58. The van der Waals surface area contributed by atoms with Crippen LogP contribution in [-0.2, 0) is 6.54 Å². The van der Waals surface area contributed by atoms with Crippen molar-refractivity contribution >= 4 is 6.03 Å². The Kier molecular flexibility index (Phi) is 3.25. The number of aromatic nitrogens is 1. The highest BCUT2D eigenvalue weighted by Crippen LogP contribution is 1.99. The highest BCUT2D eigenvalue weighted by Gasteiger charge is 2.07. The van der Waals surface area contributed by atoms with Crippen LogP contribution in [0.1, 0.15) is 12.6 Å². The highest BCUT2D eigenvalue weighted by molar-refractivity contribution is 5.71. The largest absolute Gasteiger partial charge is 0.351 e. The molecule has 1 aromatic heterocycles. The van der Waals surface area contributed by atoms with E-state index in [1.165, 1.54) is 4.90 Å². The van der Waals surface area contributed by atoms with Crippen LogP contribution in [0.4, 0.5) is 4.79 Å². The van der Waals surface area contributed by atoms with Crippen LogP contribution in [0.15, 0.2) is 24.4 Å². The minimum absolute atomic E-state index is 0.409. The molecule has 0 saturated carbocycles. The van der Waals surface area contributed by atoms with Gasteiger partial charge in [0, 0.05) is 12.7 Å². The summed E-state index contributed by atoms with van der Waals surface area (Å²) >= 11 is 0. The summed E-state index contributed by atoms with van der Waals surface area (Å²) in [6.45, 7) is 2.96. The van der Waals surface area contributed by atoms with E-state index in [-0.39, 0.29) is 0 Å². The minimum Gasteiger partial charge on any atom is -0.351 e. The number of nitrogens with two attached hydrogens (primary N) is 1.